The summed E-state index contributed by atoms with van der Waals surface area (Å²) in [4.78, 5) is 0.805. The third kappa shape index (κ3) is 4.09. The maximum atomic E-state index is 14.1. The molecule has 0 aliphatic carbocycles. The number of halogens is 4. The van der Waals surface area contributed by atoms with Gasteiger partial charge in [0.05, 0.1) is 5.69 Å². The summed E-state index contributed by atoms with van der Waals surface area (Å²) < 4.78 is 31.9. The van der Waals surface area contributed by atoms with Crippen LogP contribution in [0.2, 0.25) is 5.02 Å². The lowest BCUT2D eigenvalue weighted by atomic mass is 10.0. The van der Waals surface area contributed by atoms with Gasteiger partial charge in [-0.2, -0.15) is 0 Å². The molecule has 0 spiro atoms. The van der Waals surface area contributed by atoms with E-state index in [0.29, 0.717) is 16.1 Å². The first kappa shape index (κ1) is 17.3. The number of hydrogen-bond acceptors (Lipinski definition) is 2. The second kappa shape index (κ2) is 7.55. The van der Waals surface area contributed by atoms with Gasteiger partial charge in [0.25, 0.3) is 0 Å². The van der Waals surface area contributed by atoms with Crippen LogP contribution in [0.1, 0.15) is 0 Å². The quantitative estimate of drug-likeness (QED) is 0.444. The lowest BCUT2D eigenvalue weighted by Crippen LogP contribution is -1.95. The van der Waals surface area contributed by atoms with E-state index in [1.54, 1.807) is 24.3 Å². The van der Waals surface area contributed by atoms with Crippen LogP contribution in [-0.2, 0) is 0 Å². The van der Waals surface area contributed by atoms with Gasteiger partial charge in [0.1, 0.15) is 11.6 Å². The fraction of sp³-hybridized carbons (Fsp3) is 0. The van der Waals surface area contributed by atoms with Gasteiger partial charge in [0.15, 0.2) is 0 Å². The molecule has 122 valence electrons. The maximum Gasteiger partial charge on any atom is 0.150 e. The summed E-state index contributed by atoms with van der Waals surface area (Å²) in [7, 11) is 0. The van der Waals surface area contributed by atoms with E-state index in [2.05, 4.69) is 20.7 Å². The molecule has 0 saturated heterocycles. The van der Waals surface area contributed by atoms with Crippen molar-refractivity contribution in [2.45, 2.75) is 4.90 Å². The maximum absolute atomic E-state index is 14.1. The van der Waals surface area contributed by atoms with Gasteiger partial charge < -0.3 is 4.72 Å². The molecular formula is C18H11BrClF2NS. The average Bonchev–Trinajstić information content (AvgIpc) is 2.54. The first-order chi connectivity index (χ1) is 11.5. The van der Waals surface area contributed by atoms with Crippen LogP contribution < -0.4 is 4.72 Å². The van der Waals surface area contributed by atoms with Crippen LogP contribution in [-0.4, -0.2) is 0 Å². The van der Waals surface area contributed by atoms with Crippen molar-refractivity contribution in [3.63, 3.8) is 0 Å². The minimum absolute atomic E-state index is 0.205. The molecule has 3 rings (SSSR count). The molecule has 24 heavy (non-hydrogen) atoms. The second-order valence-corrected chi connectivity index (χ2v) is 7.22. The molecule has 0 aliphatic rings. The van der Waals surface area contributed by atoms with Crippen molar-refractivity contribution in [1.82, 2.24) is 0 Å². The molecule has 0 atom stereocenters. The fourth-order valence-corrected chi connectivity index (χ4v) is 4.00. The minimum atomic E-state index is -0.652. The Morgan fingerprint density at radius 2 is 1.67 bits per heavy atom. The Labute approximate surface area is 156 Å². The zero-order valence-corrected chi connectivity index (χ0v) is 15.4. The number of rotatable bonds is 4. The predicted octanol–water partition coefficient (Wildman–Crippen LogP) is 7.17. The molecule has 0 heterocycles. The highest BCUT2D eigenvalue weighted by molar-refractivity contribution is 9.10. The van der Waals surface area contributed by atoms with E-state index < -0.39 is 11.6 Å². The zero-order valence-electron chi connectivity index (χ0n) is 12.2. The van der Waals surface area contributed by atoms with Crippen molar-refractivity contribution in [2.75, 3.05) is 4.72 Å². The summed E-state index contributed by atoms with van der Waals surface area (Å²) in [6.07, 6.45) is 0. The van der Waals surface area contributed by atoms with Gasteiger partial charge in [0.2, 0.25) is 0 Å². The highest BCUT2D eigenvalue weighted by Crippen LogP contribution is 2.32. The first-order valence-corrected chi connectivity index (χ1v) is 8.95. The summed E-state index contributed by atoms with van der Waals surface area (Å²) in [6.45, 7) is 0. The zero-order chi connectivity index (χ0) is 17.1. The summed E-state index contributed by atoms with van der Waals surface area (Å²) in [5, 5.41) is 0.568. The van der Waals surface area contributed by atoms with Gasteiger partial charge >= 0.3 is 0 Å². The minimum Gasteiger partial charge on any atom is -0.323 e. The van der Waals surface area contributed by atoms with Crippen molar-refractivity contribution in [3.05, 3.63) is 81.8 Å². The van der Waals surface area contributed by atoms with Crippen LogP contribution in [0.5, 0.6) is 0 Å². The Hall–Kier alpha value is -1.56. The standard InChI is InChI=1S/C18H11BrClF2NS/c19-12-6-13(20)8-14(7-12)24-23-18-9-15(16(21)10-17(18)22)11-4-2-1-3-5-11/h1-10,23H. The Morgan fingerprint density at radius 3 is 2.38 bits per heavy atom. The van der Waals surface area contributed by atoms with Gasteiger partial charge in [-0.3, -0.25) is 0 Å². The fourth-order valence-electron chi connectivity index (χ4n) is 2.17. The van der Waals surface area contributed by atoms with Crippen molar-refractivity contribution in [3.8, 4) is 11.1 Å². The van der Waals surface area contributed by atoms with E-state index >= 15 is 0 Å². The molecule has 0 radical (unpaired) electrons. The third-order valence-corrected chi connectivity index (χ3v) is 4.73. The van der Waals surface area contributed by atoms with Gasteiger partial charge in [-0.05, 0) is 41.8 Å². The van der Waals surface area contributed by atoms with Crippen LogP contribution in [0.4, 0.5) is 14.5 Å². The van der Waals surface area contributed by atoms with Gasteiger partial charge in [-0.15, -0.1) is 0 Å². The highest BCUT2D eigenvalue weighted by Gasteiger charge is 2.12. The van der Waals surface area contributed by atoms with E-state index in [9.17, 15) is 8.78 Å². The van der Waals surface area contributed by atoms with Gasteiger partial charge in [0, 0.05) is 26.0 Å². The molecule has 0 aliphatic heterocycles. The van der Waals surface area contributed by atoms with Crippen LogP contribution >= 0.6 is 39.5 Å². The topological polar surface area (TPSA) is 12.0 Å². The predicted molar refractivity (Wildman–Crippen MR) is 100 cm³/mol. The molecule has 6 heteroatoms. The van der Waals surface area contributed by atoms with Crippen molar-refractivity contribution in [2.24, 2.45) is 0 Å². The van der Waals surface area contributed by atoms with E-state index in [0.717, 1.165) is 15.4 Å². The molecule has 0 aromatic heterocycles. The second-order valence-electron chi connectivity index (χ2n) is 4.99. The molecule has 1 nitrogen and oxygen atoms in total. The normalized spacial score (nSPS) is 10.7. The van der Waals surface area contributed by atoms with Crippen LogP contribution in [0, 0.1) is 11.6 Å². The molecule has 3 aromatic rings. The summed E-state index contributed by atoms with van der Waals surface area (Å²) in [6, 6.07) is 16.7. The summed E-state index contributed by atoms with van der Waals surface area (Å²) >= 11 is 10.5. The monoisotopic (exact) mass is 425 g/mol. The van der Waals surface area contributed by atoms with Crippen LogP contribution in [0.25, 0.3) is 11.1 Å². The lowest BCUT2D eigenvalue weighted by Gasteiger charge is -2.11. The Kier molecular flexibility index (Phi) is 5.43. The van der Waals surface area contributed by atoms with Crippen LogP contribution in [0.3, 0.4) is 0 Å². The number of anilines is 1. The van der Waals surface area contributed by atoms with E-state index in [-0.39, 0.29) is 5.69 Å². The lowest BCUT2D eigenvalue weighted by molar-refractivity contribution is 0.588. The molecule has 1 N–H and O–H groups in total. The summed E-state index contributed by atoms with van der Waals surface area (Å²) in [5.74, 6) is -1.25. The van der Waals surface area contributed by atoms with Crippen LogP contribution in [0.15, 0.2) is 70.0 Å². The number of benzene rings is 3. The smallest absolute Gasteiger partial charge is 0.150 e. The van der Waals surface area contributed by atoms with Crippen molar-refractivity contribution in [1.29, 1.82) is 0 Å². The van der Waals surface area contributed by atoms with Gasteiger partial charge in [-0.25, -0.2) is 8.78 Å². The van der Waals surface area contributed by atoms with Crippen molar-refractivity contribution < 1.29 is 8.78 Å². The average molecular weight is 427 g/mol. The molecule has 0 fully saturated rings. The molecule has 0 unspecified atom stereocenters. The molecule has 3 aromatic carbocycles. The summed E-state index contributed by atoms with van der Waals surface area (Å²) in [5.41, 5.74) is 1.23. The first-order valence-electron chi connectivity index (χ1n) is 6.96. The molecule has 0 saturated carbocycles. The Balaban J connectivity index is 1.88. The van der Waals surface area contributed by atoms with Gasteiger partial charge in [-0.1, -0.05) is 57.9 Å². The van der Waals surface area contributed by atoms with E-state index in [1.807, 2.05) is 24.3 Å². The Bertz CT molecular complexity index is 854. The molecular weight excluding hydrogens is 416 g/mol. The largest absolute Gasteiger partial charge is 0.323 e. The SMILES string of the molecule is Fc1cc(F)c(-c2ccccc2)cc1NSc1cc(Cl)cc(Br)c1. The number of nitrogens with one attached hydrogen (secondary N) is 1. The third-order valence-electron chi connectivity index (χ3n) is 3.26. The van der Waals surface area contributed by atoms with E-state index in [4.69, 9.17) is 11.6 Å². The highest BCUT2D eigenvalue weighted by atomic mass is 79.9. The molecule has 0 amide bonds. The van der Waals surface area contributed by atoms with E-state index in [1.165, 1.54) is 18.0 Å². The Morgan fingerprint density at radius 1 is 0.917 bits per heavy atom. The number of hydrogen-bond donors (Lipinski definition) is 1. The molecule has 0 bridgehead atoms. The van der Waals surface area contributed by atoms with Crippen molar-refractivity contribution >= 4 is 45.2 Å².